The van der Waals surface area contributed by atoms with Crippen LogP contribution in [0.5, 0.6) is 0 Å². The number of carbonyl (C=O) groups is 2. The van der Waals surface area contributed by atoms with Gasteiger partial charge in [-0.25, -0.2) is 4.79 Å². The van der Waals surface area contributed by atoms with Gasteiger partial charge in [-0.3, -0.25) is 4.79 Å². The van der Waals surface area contributed by atoms with Gasteiger partial charge in [0.15, 0.2) is 0 Å². The zero-order chi connectivity index (χ0) is 15.1. The molecule has 1 aliphatic rings. The predicted molar refractivity (Wildman–Crippen MR) is 80.1 cm³/mol. The summed E-state index contributed by atoms with van der Waals surface area (Å²) in [5, 5.41) is 2.84. The molecular weight excluding hydrogens is 292 g/mol. The summed E-state index contributed by atoms with van der Waals surface area (Å²) in [6.45, 7) is 1.45. The van der Waals surface area contributed by atoms with Crippen molar-refractivity contribution in [2.45, 2.75) is 25.5 Å². The molecule has 0 aromatic heterocycles. The van der Waals surface area contributed by atoms with Crippen LogP contribution < -0.4 is 5.32 Å². The summed E-state index contributed by atoms with van der Waals surface area (Å²) in [4.78, 5) is 24.8. The predicted octanol–water partition coefficient (Wildman–Crippen LogP) is 2.14. The monoisotopic (exact) mass is 310 g/mol. The van der Waals surface area contributed by atoms with Crippen LogP contribution in [0.4, 0.5) is 4.79 Å². The highest BCUT2D eigenvalue weighted by atomic mass is 35.5. The summed E-state index contributed by atoms with van der Waals surface area (Å²) < 4.78 is 5.28. The summed E-state index contributed by atoms with van der Waals surface area (Å²) >= 11 is 5.45. The van der Waals surface area contributed by atoms with E-state index in [-0.39, 0.29) is 30.5 Å². The van der Waals surface area contributed by atoms with E-state index in [1.54, 1.807) is 4.90 Å². The van der Waals surface area contributed by atoms with Crippen molar-refractivity contribution in [1.82, 2.24) is 10.2 Å². The molecule has 0 saturated carbocycles. The Bertz CT molecular complexity index is 473. The lowest BCUT2D eigenvalue weighted by atomic mass is 10.1. The fourth-order valence-electron chi connectivity index (χ4n) is 2.28. The molecule has 0 aliphatic carbocycles. The van der Waals surface area contributed by atoms with Crippen molar-refractivity contribution >= 4 is 23.6 Å². The van der Waals surface area contributed by atoms with Gasteiger partial charge in [-0.15, -0.1) is 11.6 Å². The van der Waals surface area contributed by atoms with Crippen LogP contribution in [0.15, 0.2) is 30.3 Å². The first-order chi connectivity index (χ1) is 10.2. The van der Waals surface area contributed by atoms with Gasteiger partial charge < -0.3 is 15.0 Å². The van der Waals surface area contributed by atoms with Crippen molar-refractivity contribution < 1.29 is 14.3 Å². The summed E-state index contributed by atoms with van der Waals surface area (Å²) in [7, 11) is 0. The highest BCUT2D eigenvalue weighted by molar-refractivity contribution is 6.27. The topological polar surface area (TPSA) is 58.6 Å². The van der Waals surface area contributed by atoms with Gasteiger partial charge in [0.2, 0.25) is 5.91 Å². The van der Waals surface area contributed by atoms with Gasteiger partial charge in [-0.1, -0.05) is 30.3 Å². The maximum absolute atomic E-state index is 12.0. The van der Waals surface area contributed by atoms with Gasteiger partial charge in [-0.2, -0.15) is 0 Å². The van der Waals surface area contributed by atoms with Gasteiger partial charge in [0.05, 0.1) is 0 Å². The lowest BCUT2D eigenvalue weighted by Crippen LogP contribution is -2.46. The van der Waals surface area contributed by atoms with E-state index in [2.05, 4.69) is 5.32 Å². The Morgan fingerprint density at radius 3 is 2.52 bits per heavy atom. The molecule has 1 fully saturated rings. The number of nitrogens with zero attached hydrogens (tertiary/aromatic N) is 1. The average Bonchev–Trinajstić information content (AvgIpc) is 2.54. The molecule has 0 atom stereocenters. The van der Waals surface area contributed by atoms with Gasteiger partial charge in [0.25, 0.3) is 0 Å². The molecule has 2 amide bonds. The summed E-state index contributed by atoms with van der Waals surface area (Å²) in [6.07, 6.45) is 1.15. The third-order valence-corrected chi connectivity index (χ3v) is 3.69. The molecule has 114 valence electrons. The number of carbonyl (C=O) groups excluding carboxylic acids is 2. The van der Waals surface area contributed by atoms with E-state index < -0.39 is 0 Å². The normalized spacial score (nSPS) is 15.6. The van der Waals surface area contributed by atoms with E-state index in [1.165, 1.54) is 0 Å². The Morgan fingerprint density at radius 2 is 1.90 bits per heavy atom. The number of ether oxygens (including phenoxy) is 1. The van der Waals surface area contributed by atoms with Crippen LogP contribution in [-0.2, 0) is 16.1 Å². The van der Waals surface area contributed by atoms with Gasteiger partial charge in [-0.05, 0) is 18.4 Å². The largest absolute Gasteiger partial charge is 0.445 e. The molecular formula is C15H19ClN2O3. The number of hydrogen-bond acceptors (Lipinski definition) is 3. The standard InChI is InChI=1S/C15H19ClN2O3/c16-10-14(19)17-13-6-8-18(9-7-13)15(20)21-11-12-4-2-1-3-5-12/h1-5,13H,6-11H2,(H,17,19). The van der Waals surface area contributed by atoms with Gasteiger partial charge in [0, 0.05) is 19.1 Å². The Labute approximate surface area is 129 Å². The Kier molecular flexibility index (Phi) is 5.87. The Balaban J connectivity index is 1.72. The van der Waals surface area contributed by atoms with Crippen LogP contribution in [0.2, 0.25) is 0 Å². The van der Waals surface area contributed by atoms with E-state index in [0.29, 0.717) is 13.1 Å². The maximum Gasteiger partial charge on any atom is 0.410 e. The van der Waals surface area contributed by atoms with Gasteiger partial charge in [0.1, 0.15) is 12.5 Å². The number of piperidine rings is 1. The molecule has 1 aromatic rings. The summed E-state index contributed by atoms with van der Waals surface area (Å²) in [6, 6.07) is 9.67. The smallest absolute Gasteiger partial charge is 0.410 e. The maximum atomic E-state index is 12.0. The Hall–Kier alpha value is -1.75. The van der Waals surface area contributed by atoms with Crippen LogP contribution in [-0.4, -0.2) is 41.9 Å². The molecule has 5 nitrogen and oxygen atoms in total. The number of halogens is 1. The first-order valence-electron chi connectivity index (χ1n) is 7.00. The van der Waals surface area contributed by atoms with E-state index in [4.69, 9.17) is 16.3 Å². The average molecular weight is 311 g/mol. The zero-order valence-electron chi connectivity index (χ0n) is 11.8. The summed E-state index contributed by atoms with van der Waals surface area (Å²) in [5.41, 5.74) is 0.968. The molecule has 1 saturated heterocycles. The molecule has 1 aliphatic heterocycles. The number of hydrogen-bond donors (Lipinski definition) is 1. The summed E-state index contributed by atoms with van der Waals surface area (Å²) in [5.74, 6) is -0.193. The van der Waals surface area contributed by atoms with E-state index >= 15 is 0 Å². The lowest BCUT2D eigenvalue weighted by Gasteiger charge is -2.31. The minimum Gasteiger partial charge on any atom is -0.445 e. The minimum atomic E-state index is -0.305. The highest BCUT2D eigenvalue weighted by Crippen LogP contribution is 2.12. The van der Waals surface area contributed by atoms with Crippen molar-refractivity contribution in [1.29, 1.82) is 0 Å². The molecule has 6 heteroatoms. The third kappa shape index (κ3) is 4.93. The quantitative estimate of drug-likeness (QED) is 0.867. The number of amides is 2. The second kappa shape index (κ2) is 7.88. The van der Waals surface area contributed by atoms with Crippen molar-refractivity contribution in [3.8, 4) is 0 Å². The first-order valence-corrected chi connectivity index (χ1v) is 7.53. The number of benzene rings is 1. The second-order valence-corrected chi connectivity index (χ2v) is 5.27. The molecule has 0 bridgehead atoms. The van der Waals surface area contributed by atoms with Crippen molar-refractivity contribution in [3.05, 3.63) is 35.9 Å². The Morgan fingerprint density at radius 1 is 1.24 bits per heavy atom. The highest BCUT2D eigenvalue weighted by Gasteiger charge is 2.24. The zero-order valence-corrected chi connectivity index (χ0v) is 12.5. The first kappa shape index (κ1) is 15.6. The van der Waals surface area contributed by atoms with Crippen molar-refractivity contribution in [2.24, 2.45) is 0 Å². The lowest BCUT2D eigenvalue weighted by molar-refractivity contribution is -0.119. The van der Waals surface area contributed by atoms with E-state index in [1.807, 2.05) is 30.3 Å². The molecule has 1 heterocycles. The SMILES string of the molecule is O=C(CCl)NC1CCN(C(=O)OCc2ccccc2)CC1. The fourth-order valence-corrected chi connectivity index (χ4v) is 2.36. The number of alkyl halides is 1. The van der Waals surface area contributed by atoms with Crippen LogP contribution in [0.25, 0.3) is 0 Å². The fraction of sp³-hybridized carbons (Fsp3) is 0.467. The van der Waals surface area contributed by atoms with Crippen molar-refractivity contribution in [3.63, 3.8) is 0 Å². The number of likely N-dealkylation sites (tertiary alicyclic amines) is 1. The molecule has 2 rings (SSSR count). The third-order valence-electron chi connectivity index (χ3n) is 3.44. The van der Waals surface area contributed by atoms with Gasteiger partial charge >= 0.3 is 6.09 Å². The number of rotatable bonds is 4. The molecule has 0 radical (unpaired) electrons. The molecule has 21 heavy (non-hydrogen) atoms. The van der Waals surface area contributed by atoms with E-state index in [0.717, 1.165) is 18.4 Å². The number of nitrogens with one attached hydrogen (secondary N) is 1. The van der Waals surface area contributed by atoms with Crippen LogP contribution in [0.3, 0.4) is 0 Å². The molecule has 1 aromatic carbocycles. The van der Waals surface area contributed by atoms with Crippen LogP contribution in [0.1, 0.15) is 18.4 Å². The van der Waals surface area contributed by atoms with Crippen LogP contribution in [0, 0.1) is 0 Å². The molecule has 1 N–H and O–H groups in total. The minimum absolute atomic E-state index is 0.0284. The van der Waals surface area contributed by atoms with Crippen LogP contribution >= 0.6 is 11.6 Å². The van der Waals surface area contributed by atoms with E-state index in [9.17, 15) is 9.59 Å². The van der Waals surface area contributed by atoms with Crippen molar-refractivity contribution in [2.75, 3.05) is 19.0 Å². The molecule has 0 unspecified atom stereocenters. The molecule has 0 spiro atoms. The second-order valence-electron chi connectivity index (χ2n) is 5.00.